The number of aryl methyl sites for hydroxylation is 2. The third-order valence-electron chi connectivity index (χ3n) is 5.44. The highest BCUT2D eigenvalue weighted by atomic mass is 16.5. The van der Waals surface area contributed by atoms with E-state index in [4.69, 9.17) is 4.74 Å². The van der Waals surface area contributed by atoms with Crippen molar-refractivity contribution in [3.8, 4) is 11.5 Å². The van der Waals surface area contributed by atoms with Crippen LogP contribution in [0.3, 0.4) is 0 Å². The van der Waals surface area contributed by atoms with Gasteiger partial charge in [0, 0.05) is 11.5 Å². The van der Waals surface area contributed by atoms with Crippen LogP contribution >= 0.6 is 0 Å². The molecule has 0 amide bonds. The zero-order valence-electron chi connectivity index (χ0n) is 18.0. The minimum atomic E-state index is -1.06. The number of hydrogen-bond donors (Lipinski definition) is 1. The van der Waals surface area contributed by atoms with Crippen molar-refractivity contribution in [2.45, 2.75) is 65.2 Å². The number of hydrogen-bond acceptors (Lipinski definition) is 3. The Bertz CT molecular complexity index is 979. The standard InChI is InChI=1S/C26H31NO3/c1-3-4-5-6-7-8-9-12-20-14-16-21(17-15-20)30-24-18-23(26(28)29)27-25-19(2)11-10-13-22(24)25/h10-11,13-18H,3-9,12H2,1-2H3,(H,28,29). The van der Waals surface area contributed by atoms with E-state index in [-0.39, 0.29) is 5.69 Å². The molecule has 1 heterocycles. The number of carboxylic acid groups (broad SMARTS) is 1. The highest BCUT2D eigenvalue weighted by Crippen LogP contribution is 2.31. The Morgan fingerprint density at radius 3 is 2.37 bits per heavy atom. The molecule has 1 N–H and O–H groups in total. The number of nitrogens with zero attached hydrogens (tertiary/aromatic N) is 1. The fraction of sp³-hybridized carbons (Fsp3) is 0.385. The van der Waals surface area contributed by atoms with E-state index in [0.29, 0.717) is 17.0 Å². The van der Waals surface area contributed by atoms with E-state index in [1.165, 1.54) is 56.6 Å². The maximum atomic E-state index is 11.5. The maximum absolute atomic E-state index is 11.5. The predicted molar refractivity (Wildman–Crippen MR) is 122 cm³/mol. The fourth-order valence-corrected chi connectivity index (χ4v) is 3.69. The van der Waals surface area contributed by atoms with E-state index < -0.39 is 5.97 Å². The van der Waals surface area contributed by atoms with Gasteiger partial charge in [-0.2, -0.15) is 0 Å². The lowest BCUT2D eigenvalue weighted by Crippen LogP contribution is -2.02. The van der Waals surface area contributed by atoms with Crippen LogP contribution in [-0.4, -0.2) is 16.1 Å². The van der Waals surface area contributed by atoms with Gasteiger partial charge in [-0.3, -0.25) is 0 Å². The summed E-state index contributed by atoms with van der Waals surface area (Å²) >= 11 is 0. The fourth-order valence-electron chi connectivity index (χ4n) is 3.69. The normalized spacial score (nSPS) is 11.0. The van der Waals surface area contributed by atoms with Gasteiger partial charge in [0.1, 0.15) is 11.5 Å². The average molecular weight is 406 g/mol. The topological polar surface area (TPSA) is 59.4 Å². The van der Waals surface area contributed by atoms with Crippen LogP contribution in [0.4, 0.5) is 0 Å². The van der Waals surface area contributed by atoms with Crippen molar-refractivity contribution < 1.29 is 14.6 Å². The largest absolute Gasteiger partial charge is 0.477 e. The molecular weight excluding hydrogens is 374 g/mol. The number of carbonyl (C=O) groups is 1. The lowest BCUT2D eigenvalue weighted by atomic mass is 10.0. The highest BCUT2D eigenvalue weighted by molar-refractivity contribution is 5.94. The molecule has 3 rings (SSSR count). The van der Waals surface area contributed by atoms with Crippen LogP contribution in [0, 0.1) is 6.92 Å². The molecule has 0 atom stereocenters. The van der Waals surface area contributed by atoms with Gasteiger partial charge in [-0.25, -0.2) is 9.78 Å². The van der Waals surface area contributed by atoms with E-state index in [1.807, 2.05) is 37.3 Å². The Balaban J connectivity index is 1.65. The zero-order valence-corrected chi connectivity index (χ0v) is 18.0. The zero-order chi connectivity index (χ0) is 21.3. The molecule has 1 aromatic heterocycles. The summed E-state index contributed by atoms with van der Waals surface area (Å²) < 4.78 is 6.07. The number of rotatable bonds is 11. The van der Waals surface area contributed by atoms with Crippen LogP contribution in [0.5, 0.6) is 11.5 Å². The van der Waals surface area contributed by atoms with E-state index in [1.54, 1.807) is 0 Å². The average Bonchev–Trinajstić information content (AvgIpc) is 2.74. The monoisotopic (exact) mass is 405 g/mol. The first-order valence-corrected chi connectivity index (χ1v) is 11.0. The molecule has 0 unspecified atom stereocenters. The first-order chi connectivity index (χ1) is 14.6. The number of benzene rings is 2. The highest BCUT2D eigenvalue weighted by Gasteiger charge is 2.14. The first kappa shape index (κ1) is 21.8. The van der Waals surface area contributed by atoms with Crippen LogP contribution in [0.25, 0.3) is 10.9 Å². The summed E-state index contributed by atoms with van der Waals surface area (Å²) in [5.74, 6) is 0.152. The van der Waals surface area contributed by atoms with Gasteiger partial charge in [0.05, 0.1) is 5.52 Å². The summed E-state index contributed by atoms with van der Waals surface area (Å²) in [4.78, 5) is 15.8. The van der Waals surface area contributed by atoms with Crippen LogP contribution in [0.1, 0.15) is 73.5 Å². The van der Waals surface area contributed by atoms with Crippen molar-refractivity contribution in [3.05, 3.63) is 65.4 Å². The lowest BCUT2D eigenvalue weighted by molar-refractivity contribution is 0.0690. The molecule has 4 heteroatoms. The van der Waals surface area contributed by atoms with Gasteiger partial charge >= 0.3 is 5.97 Å². The Kier molecular flexibility index (Phi) is 7.83. The van der Waals surface area contributed by atoms with Crippen LogP contribution in [-0.2, 0) is 6.42 Å². The van der Waals surface area contributed by atoms with Gasteiger partial charge < -0.3 is 9.84 Å². The molecule has 3 aromatic rings. The Morgan fingerprint density at radius 2 is 1.67 bits per heavy atom. The second kappa shape index (κ2) is 10.8. The summed E-state index contributed by atoms with van der Waals surface area (Å²) in [5, 5.41) is 10.2. The van der Waals surface area contributed by atoms with Crippen molar-refractivity contribution in [1.82, 2.24) is 4.98 Å². The van der Waals surface area contributed by atoms with Crippen molar-refractivity contribution in [2.75, 3.05) is 0 Å². The van der Waals surface area contributed by atoms with Crippen LogP contribution < -0.4 is 4.74 Å². The number of ether oxygens (including phenoxy) is 1. The van der Waals surface area contributed by atoms with E-state index in [0.717, 1.165) is 17.4 Å². The molecule has 158 valence electrons. The molecule has 30 heavy (non-hydrogen) atoms. The van der Waals surface area contributed by atoms with Gasteiger partial charge in [-0.05, 0) is 49.1 Å². The third-order valence-corrected chi connectivity index (χ3v) is 5.44. The number of para-hydroxylation sites is 1. The summed E-state index contributed by atoms with van der Waals surface area (Å²) in [5.41, 5.74) is 2.87. The molecule has 2 aromatic carbocycles. The van der Waals surface area contributed by atoms with Gasteiger partial charge in [0.2, 0.25) is 0 Å². The molecule has 0 aliphatic carbocycles. The Labute approximate surface area is 178 Å². The van der Waals surface area contributed by atoms with E-state index >= 15 is 0 Å². The lowest BCUT2D eigenvalue weighted by Gasteiger charge is -2.12. The molecule has 0 aliphatic rings. The minimum Gasteiger partial charge on any atom is -0.477 e. The quantitative estimate of drug-likeness (QED) is 0.339. The summed E-state index contributed by atoms with van der Waals surface area (Å²) in [6.45, 7) is 4.17. The predicted octanol–water partition coefficient (Wildman–Crippen LogP) is 7.33. The Morgan fingerprint density at radius 1 is 0.967 bits per heavy atom. The smallest absolute Gasteiger partial charge is 0.354 e. The second-order valence-corrected chi connectivity index (χ2v) is 7.90. The molecular formula is C26H31NO3. The number of unbranched alkanes of at least 4 members (excludes halogenated alkanes) is 6. The van der Waals surface area contributed by atoms with Gasteiger partial charge in [0.25, 0.3) is 0 Å². The number of aromatic nitrogens is 1. The number of fused-ring (bicyclic) bond motifs is 1. The van der Waals surface area contributed by atoms with Gasteiger partial charge in [-0.1, -0.05) is 69.7 Å². The van der Waals surface area contributed by atoms with Gasteiger partial charge in [-0.15, -0.1) is 0 Å². The molecule has 0 saturated heterocycles. The number of carboxylic acids is 1. The van der Waals surface area contributed by atoms with Gasteiger partial charge in [0.15, 0.2) is 5.69 Å². The summed E-state index contributed by atoms with van der Waals surface area (Å²) in [6, 6.07) is 15.4. The van der Waals surface area contributed by atoms with E-state index in [9.17, 15) is 9.90 Å². The SMILES string of the molecule is CCCCCCCCCc1ccc(Oc2cc(C(=O)O)nc3c(C)cccc23)cc1. The second-order valence-electron chi connectivity index (χ2n) is 7.90. The molecule has 0 bridgehead atoms. The van der Waals surface area contributed by atoms with Crippen molar-refractivity contribution in [2.24, 2.45) is 0 Å². The van der Waals surface area contributed by atoms with Crippen LogP contribution in [0.2, 0.25) is 0 Å². The van der Waals surface area contributed by atoms with Crippen molar-refractivity contribution in [1.29, 1.82) is 0 Å². The number of aromatic carboxylic acids is 1. The molecule has 0 saturated carbocycles. The molecule has 0 aliphatic heterocycles. The molecule has 0 fully saturated rings. The summed E-state index contributed by atoms with van der Waals surface area (Å²) in [6.07, 6.45) is 10.2. The first-order valence-electron chi connectivity index (χ1n) is 11.0. The number of pyridine rings is 1. The Hall–Kier alpha value is -2.88. The maximum Gasteiger partial charge on any atom is 0.354 e. The van der Waals surface area contributed by atoms with Crippen molar-refractivity contribution >= 4 is 16.9 Å². The third kappa shape index (κ3) is 5.82. The molecule has 0 radical (unpaired) electrons. The molecule has 4 nitrogen and oxygen atoms in total. The minimum absolute atomic E-state index is 0.0117. The molecule has 0 spiro atoms. The van der Waals surface area contributed by atoms with Crippen molar-refractivity contribution in [3.63, 3.8) is 0 Å². The van der Waals surface area contributed by atoms with E-state index in [2.05, 4.69) is 24.0 Å². The summed E-state index contributed by atoms with van der Waals surface area (Å²) in [7, 11) is 0. The van der Waals surface area contributed by atoms with Crippen LogP contribution in [0.15, 0.2) is 48.5 Å².